The van der Waals surface area contributed by atoms with Crippen molar-refractivity contribution in [3.05, 3.63) is 129 Å². The molecule has 3 aromatic heterocycles. The van der Waals surface area contributed by atoms with Crippen molar-refractivity contribution < 1.29 is 23.1 Å². The van der Waals surface area contributed by atoms with Gasteiger partial charge in [-0.25, -0.2) is 9.18 Å². The summed E-state index contributed by atoms with van der Waals surface area (Å²) in [4.78, 5) is 46.0. The Hall–Kier alpha value is -5.22. The molecule has 0 bridgehead atoms. The number of rotatable bonds is 14. The molecule has 3 aromatic carbocycles. The number of thiophene rings is 1. The average molecular weight is 839 g/mol. The number of ether oxygens (including phenoxy) is 2. The number of nitrogens with zero attached hydrogens (tertiary/aromatic N) is 6. The standard InChI is InChI=1S/C44H51FN6O6SSi/c1-29(2)39(52)48-23-20-32(27-48)50-40(53)38-30(3)41(51-46-21-22-47-51)58-42(38)49(43(50)54)28-37(35-26-31(45)18-19-36(35)55-7)56-24-25-57-59(44(4,5)6,33-14-10-8-11-15-33)34-16-12-9-13-17-34/h8-19,21-22,26,29,32,37H,20,23-25,27-28H2,1-7H3/t32-,37-/m0/s1. The molecule has 6 aromatic rings. The molecule has 0 N–H and O–H groups in total. The third-order valence-electron chi connectivity index (χ3n) is 11.2. The molecule has 2 atom stereocenters. The smallest absolute Gasteiger partial charge is 0.332 e. The number of fused-ring (bicyclic) bond motifs is 1. The Bertz CT molecular complexity index is 2500. The highest BCUT2D eigenvalue weighted by atomic mass is 32.1. The maximum absolute atomic E-state index is 15.2. The summed E-state index contributed by atoms with van der Waals surface area (Å²) in [5.74, 6) is -0.384. The molecule has 4 heterocycles. The van der Waals surface area contributed by atoms with Crippen LogP contribution >= 0.6 is 11.3 Å². The van der Waals surface area contributed by atoms with Crippen LogP contribution in [0.1, 0.15) is 64.3 Å². The van der Waals surface area contributed by atoms with Crippen LogP contribution in [0.15, 0.2) is 101 Å². The maximum Gasteiger partial charge on any atom is 0.332 e. The molecular weight excluding hydrogens is 788 g/mol. The molecular formula is C44H51FN6O6SSi. The summed E-state index contributed by atoms with van der Waals surface area (Å²) in [7, 11) is -1.42. The summed E-state index contributed by atoms with van der Waals surface area (Å²) < 4.78 is 37.6. The maximum atomic E-state index is 15.2. The van der Waals surface area contributed by atoms with Gasteiger partial charge < -0.3 is 18.8 Å². The zero-order valence-electron chi connectivity index (χ0n) is 34.6. The van der Waals surface area contributed by atoms with E-state index in [4.69, 9.17) is 13.9 Å². The van der Waals surface area contributed by atoms with E-state index >= 15 is 4.39 Å². The summed E-state index contributed by atoms with van der Waals surface area (Å²) in [6.07, 6.45) is 2.60. The van der Waals surface area contributed by atoms with Gasteiger partial charge in [0.05, 0.1) is 50.7 Å². The summed E-state index contributed by atoms with van der Waals surface area (Å²) in [6, 6.07) is 24.2. The topological polar surface area (TPSA) is 123 Å². The van der Waals surface area contributed by atoms with Gasteiger partial charge in [0.15, 0.2) is 0 Å². The number of hydrogen-bond acceptors (Lipinski definition) is 9. The molecule has 7 rings (SSSR count). The first-order chi connectivity index (χ1) is 28.3. The Morgan fingerprint density at radius 3 is 2.20 bits per heavy atom. The Labute approximate surface area is 347 Å². The number of carbonyl (C=O) groups is 1. The number of halogens is 1. The lowest BCUT2D eigenvalue weighted by Gasteiger charge is -2.43. The molecule has 0 spiro atoms. The Morgan fingerprint density at radius 2 is 1.61 bits per heavy atom. The monoisotopic (exact) mass is 838 g/mol. The number of aryl methyl sites for hydroxylation is 1. The van der Waals surface area contributed by atoms with Gasteiger partial charge in [-0.05, 0) is 47.0 Å². The molecule has 310 valence electrons. The van der Waals surface area contributed by atoms with Crippen molar-refractivity contribution in [3.8, 4) is 10.8 Å². The van der Waals surface area contributed by atoms with E-state index in [1.54, 1.807) is 17.3 Å². The summed E-state index contributed by atoms with van der Waals surface area (Å²) in [6.45, 7) is 12.9. The first kappa shape index (κ1) is 41.9. The predicted octanol–water partition coefficient (Wildman–Crippen LogP) is 6.03. The molecule has 1 amide bonds. The van der Waals surface area contributed by atoms with Gasteiger partial charge in [-0.3, -0.25) is 18.7 Å². The minimum atomic E-state index is -2.93. The average Bonchev–Trinajstić information content (AvgIpc) is 4.00. The van der Waals surface area contributed by atoms with Crippen LogP contribution < -0.4 is 26.4 Å². The second-order valence-corrected chi connectivity index (χ2v) is 21.5. The molecule has 0 saturated carbocycles. The van der Waals surface area contributed by atoms with Crippen molar-refractivity contribution >= 4 is 46.2 Å². The molecule has 0 unspecified atom stereocenters. The highest BCUT2D eigenvalue weighted by Crippen LogP contribution is 2.38. The molecule has 1 fully saturated rings. The zero-order chi connectivity index (χ0) is 42.1. The van der Waals surface area contributed by atoms with Crippen LogP contribution in [-0.4, -0.2) is 76.7 Å². The van der Waals surface area contributed by atoms with E-state index in [9.17, 15) is 14.4 Å². The number of aromatic nitrogens is 5. The predicted molar refractivity (Wildman–Crippen MR) is 230 cm³/mol. The van der Waals surface area contributed by atoms with Crippen molar-refractivity contribution in [2.45, 2.75) is 71.7 Å². The van der Waals surface area contributed by atoms with Crippen LogP contribution in [0.3, 0.4) is 0 Å². The van der Waals surface area contributed by atoms with Crippen LogP contribution in [0, 0.1) is 18.7 Å². The fourth-order valence-electron chi connectivity index (χ4n) is 8.38. The SMILES string of the molecule is COc1ccc(F)cc1[C@H](Cn1c(=O)n([C@H]2CCN(C(=O)C(C)C)C2)c(=O)c2c(C)c(-n3nccn3)sc21)OCCO[Si](c1ccccc1)(c1ccccc1)C(C)(C)C. The van der Waals surface area contributed by atoms with Crippen molar-refractivity contribution in [1.82, 2.24) is 29.0 Å². The van der Waals surface area contributed by atoms with Gasteiger partial charge in [0, 0.05) is 30.1 Å². The minimum absolute atomic E-state index is 0.0346. The zero-order valence-corrected chi connectivity index (χ0v) is 36.4. The number of carbonyl (C=O) groups excluding carboxylic acids is 1. The molecule has 0 radical (unpaired) electrons. The number of amides is 1. The summed E-state index contributed by atoms with van der Waals surface area (Å²) >= 11 is 1.22. The Morgan fingerprint density at radius 1 is 0.966 bits per heavy atom. The first-order valence-electron chi connectivity index (χ1n) is 19.9. The van der Waals surface area contributed by atoms with Gasteiger partial charge in [-0.2, -0.15) is 10.2 Å². The van der Waals surface area contributed by atoms with E-state index in [2.05, 4.69) is 55.2 Å². The van der Waals surface area contributed by atoms with Crippen LogP contribution in [0.5, 0.6) is 5.75 Å². The van der Waals surface area contributed by atoms with Crippen molar-refractivity contribution in [2.24, 2.45) is 5.92 Å². The second-order valence-electron chi connectivity index (χ2n) is 16.2. The van der Waals surface area contributed by atoms with Gasteiger partial charge in [0.25, 0.3) is 13.9 Å². The van der Waals surface area contributed by atoms with Crippen molar-refractivity contribution in [3.63, 3.8) is 0 Å². The molecule has 1 aliphatic heterocycles. The van der Waals surface area contributed by atoms with E-state index in [1.807, 2.05) is 57.2 Å². The lowest BCUT2D eigenvalue weighted by Crippen LogP contribution is -2.66. The van der Waals surface area contributed by atoms with Gasteiger partial charge in [0.1, 0.15) is 27.5 Å². The molecule has 1 saturated heterocycles. The fraction of sp³-hybridized carbons (Fsp3) is 0.386. The highest BCUT2D eigenvalue weighted by molar-refractivity contribution is 7.21. The highest BCUT2D eigenvalue weighted by Gasteiger charge is 2.50. The van der Waals surface area contributed by atoms with Crippen LogP contribution in [-0.2, 0) is 20.5 Å². The summed E-state index contributed by atoms with van der Waals surface area (Å²) in [5.41, 5.74) is 0.00532. The quantitative estimate of drug-likeness (QED) is 0.0965. The van der Waals surface area contributed by atoms with Gasteiger partial charge in [-0.15, -0.1) is 4.80 Å². The minimum Gasteiger partial charge on any atom is -0.496 e. The van der Waals surface area contributed by atoms with Crippen LogP contribution in [0.25, 0.3) is 15.2 Å². The lowest BCUT2D eigenvalue weighted by atomic mass is 10.1. The number of methoxy groups -OCH3 is 1. The van der Waals surface area contributed by atoms with E-state index in [1.165, 1.54) is 50.6 Å². The molecule has 12 nitrogen and oxygen atoms in total. The van der Waals surface area contributed by atoms with Gasteiger partial charge in [-0.1, -0.05) is 107 Å². The van der Waals surface area contributed by atoms with E-state index in [0.29, 0.717) is 45.1 Å². The molecule has 1 aliphatic rings. The van der Waals surface area contributed by atoms with Crippen LogP contribution in [0.4, 0.5) is 4.39 Å². The Balaban J connectivity index is 1.31. The van der Waals surface area contributed by atoms with Crippen LogP contribution in [0.2, 0.25) is 5.04 Å². The first-order valence-corrected chi connectivity index (χ1v) is 22.6. The second kappa shape index (κ2) is 17.2. The fourth-order valence-corrected chi connectivity index (χ4v) is 14.1. The van der Waals surface area contributed by atoms with E-state index in [0.717, 1.165) is 10.4 Å². The summed E-state index contributed by atoms with van der Waals surface area (Å²) in [5, 5.41) is 11.5. The third kappa shape index (κ3) is 7.96. The van der Waals surface area contributed by atoms with Gasteiger partial charge >= 0.3 is 5.69 Å². The van der Waals surface area contributed by atoms with Crippen molar-refractivity contribution in [2.75, 3.05) is 33.4 Å². The Kier molecular flexibility index (Phi) is 12.2. The normalized spacial score (nSPS) is 15.3. The van der Waals surface area contributed by atoms with Gasteiger partial charge in [0.2, 0.25) is 5.91 Å². The van der Waals surface area contributed by atoms with E-state index in [-0.39, 0.29) is 43.2 Å². The van der Waals surface area contributed by atoms with E-state index < -0.39 is 37.5 Å². The number of benzene rings is 3. The largest absolute Gasteiger partial charge is 0.496 e. The number of hydrogen-bond donors (Lipinski definition) is 0. The number of likely N-dealkylation sites (tertiary alicyclic amines) is 1. The van der Waals surface area contributed by atoms with Crippen molar-refractivity contribution in [1.29, 1.82) is 0 Å². The molecule has 15 heteroatoms. The lowest BCUT2D eigenvalue weighted by molar-refractivity contribution is -0.133. The molecule has 0 aliphatic carbocycles. The molecule has 59 heavy (non-hydrogen) atoms. The third-order valence-corrected chi connectivity index (χ3v) is 17.5.